The Balaban J connectivity index is 3.86. The molecule has 0 aliphatic rings. The van der Waals surface area contributed by atoms with Gasteiger partial charge >= 0.3 is 0 Å². The molecule has 0 amide bonds. The molecule has 0 aromatic heterocycles. The second-order valence-electron chi connectivity index (χ2n) is 7.78. The zero-order valence-electron chi connectivity index (χ0n) is 16.4. The maximum Gasteiger partial charge on any atom is 0.0148 e. The molecule has 2 nitrogen and oxygen atoms in total. The topological polar surface area (TPSA) is 24.1 Å². The van der Waals surface area contributed by atoms with E-state index in [9.17, 15) is 0 Å². The van der Waals surface area contributed by atoms with Gasteiger partial charge in [-0.2, -0.15) is 0 Å². The van der Waals surface area contributed by atoms with Crippen molar-refractivity contribution in [3.05, 3.63) is 12.2 Å². The van der Waals surface area contributed by atoms with Crippen LogP contribution in [0.3, 0.4) is 0 Å². The van der Waals surface area contributed by atoms with Gasteiger partial charge in [0.1, 0.15) is 0 Å². The number of rotatable bonds is 13. The van der Waals surface area contributed by atoms with Crippen molar-refractivity contribution >= 4 is 0 Å². The monoisotopic (exact) mass is 310 g/mol. The van der Waals surface area contributed by atoms with Gasteiger partial charge in [-0.3, -0.25) is 0 Å². The highest BCUT2D eigenvalue weighted by Crippen LogP contribution is 2.15. The Morgan fingerprint density at radius 1 is 0.955 bits per heavy atom. The first-order chi connectivity index (χ1) is 10.3. The third-order valence-electron chi connectivity index (χ3n) is 5.19. The molecule has 0 rings (SSSR count). The van der Waals surface area contributed by atoms with Crippen molar-refractivity contribution in [2.75, 3.05) is 13.1 Å². The highest BCUT2D eigenvalue weighted by Gasteiger charge is 2.19. The van der Waals surface area contributed by atoms with Gasteiger partial charge in [-0.05, 0) is 65.3 Å². The molecule has 0 aromatic carbocycles. The lowest BCUT2D eigenvalue weighted by Crippen LogP contribution is -2.43. The van der Waals surface area contributed by atoms with E-state index < -0.39 is 0 Å². The normalized spacial score (nSPS) is 14.7. The van der Waals surface area contributed by atoms with E-state index in [0.29, 0.717) is 5.54 Å². The maximum absolute atomic E-state index is 3.72. The molecule has 0 aliphatic carbocycles. The molecule has 0 fully saturated rings. The molecule has 0 saturated carbocycles. The van der Waals surface area contributed by atoms with Gasteiger partial charge < -0.3 is 10.6 Å². The lowest BCUT2D eigenvalue weighted by Gasteiger charge is -2.30. The van der Waals surface area contributed by atoms with Crippen LogP contribution in [0.1, 0.15) is 87.0 Å². The van der Waals surface area contributed by atoms with Crippen molar-refractivity contribution in [3.8, 4) is 0 Å². The Morgan fingerprint density at radius 3 is 2.14 bits per heavy atom. The van der Waals surface area contributed by atoms with Crippen LogP contribution < -0.4 is 10.6 Å². The maximum atomic E-state index is 3.72. The van der Waals surface area contributed by atoms with E-state index in [1.54, 1.807) is 0 Å². The van der Waals surface area contributed by atoms with E-state index in [2.05, 4.69) is 71.3 Å². The third kappa shape index (κ3) is 10.4. The summed E-state index contributed by atoms with van der Waals surface area (Å²) >= 11 is 0. The van der Waals surface area contributed by atoms with Crippen molar-refractivity contribution in [3.63, 3.8) is 0 Å². The van der Waals surface area contributed by atoms with Crippen molar-refractivity contribution in [1.82, 2.24) is 10.6 Å². The van der Waals surface area contributed by atoms with E-state index in [1.165, 1.54) is 38.5 Å². The molecule has 2 heteroatoms. The van der Waals surface area contributed by atoms with E-state index in [-0.39, 0.29) is 5.54 Å². The molecule has 0 aromatic rings. The first-order valence-electron chi connectivity index (χ1n) is 9.43. The van der Waals surface area contributed by atoms with Gasteiger partial charge in [0.25, 0.3) is 0 Å². The average molecular weight is 311 g/mol. The van der Waals surface area contributed by atoms with Crippen LogP contribution in [0.25, 0.3) is 0 Å². The van der Waals surface area contributed by atoms with Gasteiger partial charge in [-0.1, -0.05) is 46.3 Å². The highest BCUT2D eigenvalue weighted by atomic mass is 15.0. The summed E-state index contributed by atoms with van der Waals surface area (Å²) in [5, 5.41) is 7.38. The van der Waals surface area contributed by atoms with Crippen LogP contribution in [0.5, 0.6) is 0 Å². The number of hydrogen-bond donors (Lipinski definition) is 2. The Kier molecular flexibility index (Phi) is 11.1. The molecule has 0 saturated heterocycles. The van der Waals surface area contributed by atoms with Gasteiger partial charge in [0, 0.05) is 17.6 Å². The highest BCUT2D eigenvalue weighted by molar-refractivity contribution is 4.89. The van der Waals surface area contributed by atoms with Crippen LogP contribution in [-0.4, -0.2) is 24.2 Å². The Morgan fingerprint density at radius 2 is 1.59 bits per heavy atom. The molecule has 2 N–H and O–H groups in total. The molecule has 1 unspecified atom stereocenters. The van der Waals surface area contributed by atoms with Crippen LogP contribution >= 0.6 is 0 Å². The fourth-order valence-electron chi connectivity index (χ4n) is 2.42. The van der Waals surface area contributed by atoms with E-state index >= 15 is 0 Å². The quantitative estimate of drug-likeness (QED) is 0.356. The average Bonchev–Trinajstić information content (AvgIpc) is 2.50. The molecule has 132 valence electrons. The minimum atomic E-state index is 0.219. The molecular formula is C20H42N2. The lowest BCUT2D eigenvalue weighted by molar-refractivity contribution is 0.309. The fourth-order valence-corrected chi connectivity index (χ4v) is 2.42. The van der Waals surface area contributed by atoms with E-state index in [1.807, 2.05) is 0 Å². The molecule has 0 radical (unpaired) electrons. The number of allylic oxidation sites excluding steroid dienone is 1. The zero-order valence-corrected chi connectivity index (χ0v) is 16.4. The van der Waals surface area contributed by atoms with E-state index in [4.69, 9.17) is 0 Å². The van der Waals surface area contributed by atoms with Gasteiger partial charge in [0.2, 0.25) is 0 Å². The summed E-state index contributed by atoms with van der Waals surface area (Å²) in [5.41, 5.74) is 0.535. The van der Waals surface area contributed by atoms with E-state index in [0.717, 1.165) is 19.0 Å². The summed E-state index contributed by atoms with van der Waals surface area (Å²) in [6.45, 7) is 18.2. The summed E-state index contributed by atoms with van der Waals surface area (Å²) in [4.78, 5) is 0. The minimum absolute atomic E-state index is 0.219. The van der Waals surface area contributed by atoms with Crippen LogP contribution in [-0.2, 0) is 0 Å². The van der Waals surface area contributed by atoms with Crippen LogP contribution in [0.15, 0.2) is 12.2 Å². The molecular weight excluding hydrogens is 268 g/mol. The number of hydrogen-bond acceptors (Lipinski definition) is 2. The van der Waals surface area contributed by atoms with Crippen LogP contribution in [0.4, 0.5) is 0 Å². The Labute approximate surface area is 140 Å². The first kappa shape index (κ1) is 21.7. The van der Waals surface area contributed by atoms with Gasteiger partial charge in [-0.15, -0.1) is 0 Å². The molecule has 1 atom stereocenters. The summed E-state index contributed by atoms with van der Waals surface area (Å²) in [7, 11) is 0. The van der Waals surface area contributed by atoms with Gasteiger partial charge in [-0.25, -0.2) is 0 Å². The SMILES string of the molecule is CCC(C)C/C=C\CNC(C)(C)CCCNC(C)(CC)CC. The predicted molar refractivity (Wildman–Crippen MR) is 102 cm³/mol. The van der Waals surface area contributed by atoms with Crippen molar-refractivity contribution in [2.45, 2.75) is 98.1 Å². The minimum Gasteiger partial charge on any atom is -0.312 e. The summed E-state index contributed by atoms with van der Waals surface area (Å²) in [6, 6.07) is 0. The largest absolute Gasteiger partial charge is 0.312 e. The smallest absolute Gasteiger partial charge is 0.0148 e. The summed E-state index contributed by atoms with van der Waals surface area (Å²) < 4.78 is 0. The Hall–Kier alpha value is -0.340. The van der Waals surface area contributed by atoms with Gasteiger partial charge in [0.15, 0.2) is 0 Å². The van der Waals surface area contributed by atoms with Crippen molar-refractivity contribution in [2.24, 2.45) is 5.92 Å². The van der Waals surface area contributed by atoms with Crippen molar-refractivity contribution < 1.29 is 0 Å². The fraction of sp³-hybridized carbons (Fsp3) is 0.900. The standard InChI is InChI=1S/C20H42N2/c1-8-18(4)14-11-12-16-21-19(5,6)15-13-17-22-20(7,9-2)10-3/h11-12,18,21-22H,8-10,13-17H2,1-7H3/b12-11-. The zero-order chi connectivity index (χ0) is 17.1. The summed E-state index contributed by atoms with van der Waals surface area (Å²) in [5.74, 6) is 0.807. The number of nitrogens with one attached hydrogen (secondary N) is 2. The van der Waals surface area contributed by atoms with Crippen LogP contribution in [0.2, 0.25) is 0 Å². The lowest BCUT2D eigenvalue weighted by atomic mass is 9.94. The van der Waals surface area contributed by atoms with Crippen LogP contribution in [0, 0.1) is 5.92 Å². The third-order valence-corrected chi connectivity index (χ3v) is 5.19. The predicted octanol–water partition coefficient (Wildman–Crippen LogP) is 5.30. The molecule has 0 bridgehead atoms. The molecule has 0 spiro atoms. The van der Waals surface area contributed by atoms with Crippen molar-refractivity contribution in [1.29, 1.82) is 0 Å². The first-order valence-corrected chi connectivity index (χ1v) is 9.43. The molecule has 22 heavy (non-hydrogen) atoms. The molecule has 0 heterocycles. The molecule has 0 aliphatic heterocycles. The second kappa shape index (κ2) is 11.2. The summed E-state index contributed by atoms with van der Waals surface area (Å²) in [6.07, 6.45) is 11.9. The second-order valence-corrected chi connectivity index (χ2v) is 7.78. The van der Waals surface area contributed by atoms with Gasteiger partial charge in [0.05, 0.1) is 0 Å². The Bertz CT molecular complexity index is 290.